The first-order valence-corrected chi connectivity index (χ1v) is 9.84. The Hall–Kier alpha value is -1.77. The van der Waals surface area contributed by atoms with Gasteiger partial charge in [-0.3, -0.25) is 9.78 Å². The van der Waals surface area contributed by atoms with E-state index in [1.54, 1.807) is 24.5 Å². The SMILES string of the molecule is CS(=O)(=O)N(CC(=O)NCc1ccncc1)Cc1ccc(Br)cc1. The molecule has 0 aliphatic heterocycles. The molecule has 24 heavy (non-hydrogen) atoms. The van der Waals surface area contributed by atoms with Gasteiger partial charge in [0.1, 0.15) is 0 Å². The molecule has 0 bridgehead atoms. The summed E-state index contributed by atoms with van der Waals surface area (Å²) in [6.07, 6.45) is 4.37. The van der Waals surface area contributed by atoms with E-state index in [4.69, 9.17) is 0 Å². The zero-order valence-corrected chi connectivity index (χ0v) is 15.5. The molecule has 2 rings (SSSR count). The summed E-state index contributed by atoms with van der Waals surface area (Å²) in [6, 6.07) is 10.9. The van der Waals surface area contributed by atoms with Crippen molar-refractivity contribution in [2.24, 2.45) is 0 Å². The third-order valence-electron chi connectivity index (χ3n) is 3.30. The molecule has 1 N–H and O–H groups in total. The molecule has 128 valence electrons. The van der Waals surface area contributed by atoms with E-state index in [-0.39, 0.29) is 19.0 Å². The molecule has 0 saturated carbocycles. The Bertz CT molecular complexity index is 780. The molecule has 6 nitrogen and oxygen atoms in total. The Kier molecular flexibility index (Phi) is 6.47. The summed E-state index contributed by atoms with van der Waals surface area (Å²) in [4.78, 5) is 16.0. The zero-order chi connectivity index (χ0) is 17.6. The second-order valence-electron chi connectivity index (χ2n) is 5.29. The van der Waals surface area contributed by atoms with Gasteiger partial charge in [0.05, 0.1) is 12.8 Å². The third kappa shape index (κ3) is 6.03. The smallest absolute Gasteiger partial charge is 0.235 e. The van der Waals surface area contributed by atoms with Crippen LogP contribution in [0.2, 0.25) is 0 Å². The van der Waals surface area contributed by atoms with Crippen LogP contribution in [0.5, 0.6) is 0 Å². The lowest BCUT2D eigenvalue weighted by atomic mass is 10.2. The van der Waals surface area contributed by atoms with Gasteiger partial charge in [-0.1, -0.05) is 28.1 Å². The maximum absolute atomic E-state index is 12.1. The van der Waals surface area contributed by atoms with E-state index in [1.807, 2.05) is 24.3 Å². The molecule has 8 heteroatoms. The molecule has 0 fully saturated rings. The van der Waals surface area contributed by atoms with E-state index < -0.39 is 10.0 Å². The Balaban J connectivity index is 1.98. The molecule has 0 saturated heterocycles. The molecule has 2 aromatic rings. The quantitative estimate of drug-likeness (QED) is 0.754. The highest BCUT2D eigenvalue weighted by Crippen LogP contribution is 2.13. The van der Waals surface area contributed by atoms with Crippen LogP contribution in [-0.2, 0) is 27.9 Å². The van der Waals surface area contributed by atoms with Gasteiger partial charge in [-0.15, -0.1) is 0 Å². The van der Waals surface area contributed by atoms with Crippen LogP contribution in [0.25, 0.3) is 0 Å². The number of pyridine rings is 1. The number of aromatic nitrogens is 1. The summed E-state index contributed by atoms with van der Waals surface area (Å²) >= 11 is 3.33. The number of nitrogens with zero attached hydrogens (tertiary/aromatic N) is 2. The number of carbonyl (C=O) groups excluding carboxylic acids is 1. The Labute approximate surface area is 150 Å². The largest absolute Gasteiger partial charge is 0.351 e. The van der Waals surface area contributed by atoms with Gasteiger partial charge in [-0.25, -0.2) is 8.42 Å². The van der Waals surface area contributed by atoms with Crippen LogP contribution in [0.1, 0.15) is 11.1 Å². The van der Waals surface area contributed by atoms with Gasteiger partial charge in [0, 0.05) is 30.0 Å². The molecule has 0 unspecified atom stereocenters. The molecule has 0 atom stereocenters. The van der Waals surface area contributed by atoms with Crippen molar-refractivity contribution in [2.45, 2.75) is 13.1 Å². The monoisotopic (exact) mass is 411 g/mol. The van der Waals surface area contributed by atoms with Gasteiger partial charge in [0.2, 0.25) is 15.9 Å². The van der Waals surface area contributed by atoms with Crippen LogP contribution >= 0.6 is 15.9 Å². The number of hydrogen-bond donors (Lipinski definition) is 1. The van der Waals surface area contributed by atoms with Crippen LogP contribution in [0.3, 0.4) is 0 Å². The maximum atomic E-state index is 12.1. The van der Waals surface area contributed by atoms with Gasteiger partial charge in [0.25, 0.3) is 0 Å². The Morgan fingerprint density at radius 2 is 1.75 bits per heavy atom. The summed E-state index contributed by atoms with van der Waals surface area (Å²) in [5.74, 6) is -0.352. The van der Waals surface area contributed by atoms with E-state index in [2.05, 4.69) is 26.2 Å². The van der Waals surface area contributed by atoms with Crippen LogP contribution in [0.15, 0.2) is 53.3 Å². The number of hydrogen-bond acceptors (Lipinski definition) is 4. The van der Waals surface area contributed by atoms with E-state index in [9.17, 15) is 13.2 Å². The molecule has 1 heterocycles. The van der Waals surface area contributed by atoms with Crippen molar-refractivity contribution in [3.05, 3.63) is 64.4 Å². The van der Waals surface area contributed by atoms with Crippen LogP contribution in [0.4, 0.5) is 0 Å². The first-order valence-electron chi connectivity index (χ1n) is 7.20. The van der Waals surface area contributed by atoms with Crippen molar-refractivity contribution in [1.29, 1.82) is 0 Å². The number of carbonyl (C=O) groups is 1. The van der Waals surface area contributed by atoms with Gasteiger partial charge in [-0.05, 0) is 35.4 Å². The molecule has 1 aromatic heterocycles. The summed E-state index contributed by atoms with van der Waals surface area (Å²) in [6.45, 7) is 0.256. The lowest BCUT2D eigenvalue weighted by Crippen LogP contribution is -2.39. The summed E-state index contributed by atoms with van der Waals surface area (Å²) in [7, 11) is -3.50. The second-order valence-corrected chi connectivity index (χ2v) is 8.19. The normalized spacial score (nSPS) is 11.5. The van der Waals surface area contributed by atoms with Gasteiger partial charge in [-0.2, -0.15) is 4.31 Å². The van der Waals surface area contributed by atoms with Crippen molar-refractivity contribution < 1.29 is 13.2 Å². The standard InChI is InChI=1S/C16H18BrN3O3S/c1-24(22,23)20(11-14-2-4-15(17)5-3-14)12-16(21)19-10-13-6-8-18-9-7-13/h2-9H,10-12H2,1H3,(H,19,21). The summed E-state index contributed by atoms with van der Waals surface area (Å²) in [5.41, 5.74) is 1.71. The fraction of sp³-hybridized carbons (Fsp3) is 0.250. The number of benzene rings is 1. The molecule has 1 amide bonds. The maximum Gasteiger partial charge on any atom is 0.235 e. The van der Waals surface area contributed by atoms with Crippen molar-refractivity contribution >= 4 is 31.9 Å². The van der Waals surface area contributed by atoms with Gasteiger partial charge >= 0.3 is 0 Å². The van der Waals surface area contributed by atoms with Crippen molar-refractivity contribution in [3.8, 4) is 0 Å². The second kappa shape index (κ2) is 8.36. The first kappa shape index (κ1) is 18.6. The number of sulfonamides is 1. The molecule has 0 spiro atoms. The van der Waals surface area contributed by atoms with Crippen LogP contribution in [0, 0.1) is 0 Å². The van der Waals surface area contributed by atoms with E-state index in [1.165, 1.54) is 0 Å². The van der Waals surface area contributed by atoms with Crippen LogP contribution in [-0.4, -0.2) is 36.4 Å². The first-order chi connectivity index (χ1) is 11.3. The average molecular weight is 412 g/mol. The lowest BCUT2D eigenvalue weighted by molar-refractivity contribution is -0.121. The molecule has 0 aliphatic carbocycles. The number of amides is 1. The fourth-order valence-corrected chi connectivity index (χ4v) is 3.00. The molecule has 0 radical (unpaired) electrons. The zero-order valence-electron chi connectivity index (χ0n) is 13.1. The van der Waals surface area contributed by atoms with Crippen LogP contribution < -0.4 is 5.32 Å². The lowest BCUT2D eigenvalue weighted by Gasteiger charge is -2.19. The molecule has 0 aliphatic rings. The fourth-order valence-electron chi connectivity index (χ4n) is 2.00. The molecular weight excluding hydrogens is 394 g/mol. The highest BCUT2D eigenvalue weighted by Gasteiger charge is 2.20. The van der Waals surface area contributed by atoms with Crippen molar-refractivity contribution in [1.82, 2.24) is 14.6 Å². The van der Waals surface area contributed by atoms with Crippen molar-refractivity contribution in [2.75, 3.05) is 12.8 Å². The third-order valence-corrected chi connectivity index (χ3v) is 5.03. The minimum atomic E-state index is -3.50. The summed E-state index contributed by atoms with van der Waals surface area (Å²) in [5, 5.41) is 2.72. The average Bonchev–Trinajstić information content (AvgIpc) is 2.54. The van der Waals surface area contributed by atoms with E-state index >= 15 is 0 Å². The predicted molar refractivity (Wildman–Crippen MR) is 95.5 cm³/mol. The van der Waals surface area contributed by atoms with E-state index in [0.717, 1.165) is 26.2 Å². The topological polar surface area (TPSA) is 79.4 Å². The minimum absolute atomic E-state index is 0.148. The number of halogens is 1. The summed E-state index contributed by atoms with van der Waals surface area (Å²) < 4.78 is 25.9. The predicted octanol–water partition coefficient (Wildman–Crippen LogP) is 1.92. The van der Waals surface area contributed by atoms with E-state index in [0.29, 0.717) is 6.54 Å². The Morgan fingerprint density at radius 3 is 2.33 bits per heavy atom. The van der Waals surface area contributed by atoms with Gasteiger partial charge < -0.3 is 5.32 Å². The highest BCUT2D eigenvalue weighted by atomic mass is 79.9. The Morgan fingerprint density at radius 1 is 1.12 bits per heavy atom. The van der Waals surface area contributed by atoms with Crippen molar-refractivity contribution in [3.63, 3.8) is 0 Å². The number of rotatable bonds is 7. The van der Waals surface area contributed by atoms with Gasteiger partial charge in [0.15, 0.2) is 0 Å². The number of nitrogens with one attached hydrogen (secondary N) is 1. The highest BCUT2D eigenvalue weighted by molar-refractivity contribution is 9.10. The minimum Gasteiger partial charge on any atom is -0.351 e. The molecule has 1 aromatic carbocycles. The molecular formula is C16H18BrN3O3S.